The Bertz CT molecular complexity index is 9380. The lowest BCUT2D eigenvalue weighted by Crippen LogP contribution is -2.28. The molecule has 143 heavy (non-hydrogen) atoms. The second-order valence-electron chi connectivity index (χ2n) is 37.5. The number of nitrogens with zero attached hydrogens (tertiary/aromatic N) is 6. The van der Waals surface area contributed by atoms with Gasteiger partial charge in [-0.3, -0.25) is 0 Å². The Morgan fingerprint density at radius 3 is 0.657 bits per heavy atom. The zero-order chi connectivity index (χ0) is 94.5. The van der Waals surface area contributed by atoms with Gasteiger partial charge in [-0.15, -0.1) is 0 Å². The topological polar surface area (TPSA) is 77.3 Å². The van der Waals surface area contributed by atoms with E-state index >= 15 is 0 Å². The summed E-state index contributed by atoms with van der Waals surface area (Å²) in [4.78, 5) is 31.9. The molecular weight excluding hydrogens is 1730 g/mol. The van der Waals surface area contributed by atoms with E-state index in [0.29, 0.717) is 0 Å². The van der Waals surface area contributed by atoms with Crippen molar-refractivity contribution in [2.45, 2.75) is 16.2 Å². The SMILES string of the molecule is c1ccc(-c2nc3c(ccc4ccccc43)nc2-c2ccc3ccc4c(c3c2)-c2ccccc2C4(c2ccccc2)c2ccccc2)cc1.c1ccc(-c2nc3ccc4ccccc4c3nc2-c2ccc3ccc4c(c3c2)-c2ccccc2C4(c2ccccc2)c2ccccc2)cc1.c1ccc(-c2nc3ccccc3nc2-c2ccc3ccc4c(c3c2)-c2ccccc2C4(c2ccccc2)c2ccccc2)cc1. The van der Waals surface area contributed by atoms with E-state index in [1.807, 2.05) is 36.4 Å². The summed E-state index contributed by atoms with van der Waals surface area (Å²) in [6, 6.07) is 192. The van der Waals surface area contributed by atoms with Crippen molar-refractivity contribution in [2.75, 3.05) is 0 Å². The van der Waals surface area contributed by atoms with E-state index in [1.165, 1.54) is 132 Å². The molecule has 666 valence electrons. The average Bonchev–Trinajstić information content (AvgIpc) is 1.54. The summed E-state index contributed by atoms with van der Waals surface area (Å²) < 4.78 is 0. The monoisotopic (exact) mass is 1820 g/mol. The first-order chi connectivity index (χ1) is 70.9. The van der Waals surface area contributed by atoms with Gasteiger partial charge < -0.3 is 0 Å². The summed E-state index contributed by atoms with van der Waals surface area (Å²) in [7, 11) is 0. The number of fused-ring (bicyclic) bond motifs is 22. The number of aromatic nitrogens is 6. The van der Waals surface area contributed by atoms with E-state index in [1.54, 1.807) is 0 Å². The van der Waals surface area contributed by atoms with Crippen LogP contribution < -0.4 is 0 Å². The van der Waals surface area contributed by atoms with Crippen LogP contribution in [0.25, 0.3) is 188 Å². The number of hydrogen-bond acceptors (Lipinski definition) is 6. The minimum absolute atomic E-state index is 0.434. The highest BCUT2D eigenvalue weighted by Crippen LogP contribution is 2.62. The van der Waals surface area contributed by atoms with Crippen LogP contribution in [-0.2, 0) is 16.2 Å². The van der Waals surface area contributed by atoms with Gasteiger partial charge in [0.25, 0.3) is 0 Å². The van der Waals surface area contributed by atoms with E-state index in [0.717, 1.165) is 122 Å². The van der Waals surface area contributed by atoms with Crippen molar-refractivity contribution in [2.24, 2.45) is 0 Å². The molecule has 0 bridgehead atoms. The normalized spacial score (nSPS) is 13.1. The largest absolute Gasteiger partial charge is 0.244 e. The summed E-state index contributed by atoms with van der Waals surface area (Å²) in [6.45, 7) is 0. The first kappa shape index (κ1) is 83.7. The van der Waals surface area contributed by atoms with Crippen LogP contribution in [0.15, 0.2) is 534 Å². The molecule has 29 rings (SSSR count). The molecule has 0 atom stereocenters. The Hall–Kier alpha value is -18.6. The molecule has 0 saturated carbocycles. The van der Waals surface area contributed by atoms with Crippen LogP contribution in [0.1, 0.15) is 66.8 Å². The molecule has 3 aromatic heterocycles. The molecule has 3 aliphatic rings. The summed E-state index contributed by atoms with van der Waals surface area (Å²) in [5, 5.41) is 11.8. The highest BCUT2D eigenvalue weighted by Gasteiger charge is 2.50. The Kier molecular flexibility index (Phi) is 20.2. The molecule has 0 aliphatic heterocycles. The highest BCUT2D eigenvalue weighted by molar-refractivity contribution is 6.12. The fourth-order valence-electron chi connectivity index (χ4n) is 23.8. The first-order valence-corrected chi connectivity index (χ1v) is 49.1. The Labute approximate surface area is 828 Å². The lowest BCUT2D eigenvalue weighted by molar-refractivity contribution is 0.769. The number of rotatable bonds is 12. The van der Waals surface area contributed by atoms with Gasteiger partial charge in [-0.25, -0.2) is 29.9 Å². The van der Waals surface area contributed by atoms with Crippen molar-refractivity contribution >= 4 is 87.0 Å². The van der Waals surface area contributed by atoms with Crippen LogP contribution in [0.2, 0.25) is 0 Å². The Morgan fingerprint density at radius 1 is 0.133 bits per heavy atom. The summed E-state index contributed by atoms with van der Waals surface area (Å²) in [5.74, 6) is 0. The number of hydrogen-bond donors (Lipinski definition) is 0. The van der Waals surface area contributed by atoms with Crippen LogP contribution in [0, 0.1) is 0 Å². The van der Waals surface area contributed by atoms with Gasteiger partial charge in [0, 0.05) is 44.2 Å². The third kappa shape index (κ3) is 13.5. The second-order valence-corrected chi connectivity index (χ2v) is 37.5. The summed E-state index contributed by atoms with van der Waals surface area (Å²) in [6.07, 6.45) is 0. The molecule has 6 heteroatoms. The fourth-order valence-corrected chi connectivity index (χ4v) is 23.8. The molecule has 26 aromatic rings. The molecule has 0 radical (unpaired) electrons. The van der Waals surface area contributed by atoms with E-state index in [2.05, 4.69) is 497 Å². The summed E-state index contributed by atoms with van der Waals surface area (Å²) >= 11 is 0. The molecule has 0 fully saturated rings. The van der Waals surface area contributed by atoms with E-state index < -0.39 is 16.2 Å². The Morgan fingerprint density at radius 2 is 0.350 bits per heavy atom. The predicted octanol–water partition coefficient (Wildman–Crippen LogP) is 33.7. The number of para-hydroxylation sites is 2. The van der Waals surface area contributed by atoms with Gasteiger partial charge in [-0.05, 0) is 186 Å². The maximum atomic E-state index is 5.46. The lowest BCUT2D eigenvalue weighted by Gasteiger charge is -2.33. The molecule has 0 spiro atoms. The molecular formula is C137H88N6. The van der Waals surface area contributed by atoms with Crippen molar-refractivity contribution in [1.29, 1.82) is 0 Å². The van der Waals surface area contributed by atoms with Crippen LogP contribution >= 0.6 is 0 Å². The minimum Gasteiger partial charge on any atom is -0.244 e. The molecule has 3 heterocycles. The second kappa shape index (κ2) is 34.5. The molecule has 0 amide bonds. The van der Waals surface area contributed by atoms with Gasteiger partial charge in [0.2, 0.25) is 0 Å². The minimum atomic E-state index is -0.449. The Balaban J connectivity index is 0.000000107. The van der Waals surface area contributed by atoms with Gasteiger partial charge >= 0.3 is 0 Å². The average molecular weight is 1820 g/mol. The van der Waals surface area contributed by atoms with Crippen LogP contribution in [0.5, 0.6) is 0 Å². The van der Waals surface area contributed by atoms with Crippen LogP contribution in [0.3, 0.4) is 0 Å². The van der Waals surface area contributed by atoms with E-state index in [4.69, 9.17) is 29.9 Å². The maximum absolute atomic E-state index is 5.46. The van der Waals surface area contributed by atoms with E-state index in [9.17, 15) is 0 Å². The van der Waals surface area contributed by atoms with Crippen molar-refractivity contribution < 1.29 is 0 Å². The van der Waals surface area contributed by atoms with Crippen LogP contribution in [0.4, 0.5) is 0 Å². The fraction of sp³-hybridized carbons (Fsp3) is 0.0219. The molecule has 0 saturated heterocycles. The third-order valence-electron chi connectivity index (χ3n) is 30.0. The van der Waals surface area contributed by atoms with Crippen molar-refractivity contribution in [1.82, 2.24) is 29.9 Å². The quantitative estimate of drug-likeness (QED) is 0.113. The number of benzene rings is 23. The predicted molar refractivity (Wildman–Crippen MR) is 591 cm³/mol. The third-order valence-corrected chi connectivity index (χ3v) is 30.0. The van der Waals surface area contributed by atoms with Gasteiger partial charge in [0.15, 0.2) is 0 Å². The van der Waals surface area contributed by atoms with Gasteiger partial charge in [-0.1, -0.05) is 491 Å². The molecule has 3 aliphatic carbocycles. The maximum Gasteiger partial charge on any atom is 0.0973 e. The van der Waals surface area contributed by atoms with Crippen molar-refractivity contribution in [3.8, 4) is 101 Å². The zero-order valence-corrected chi connectivity index (χ0v) is 78.0. The first-order valence-electron chi connectivity index (χ1n) is 49.1. The molecule has 0 unspecified atom stereocenters. The van der Waals surface area contributed by atoms with Gasteiger partial charge in [0.05, 0.1) is 83.5 Å². The standard InChI is InChI=1S/2C47H30N2.C43H28N2/c1-4-15-33(16-5-1)44-45(48-42-29-27-31-14-10-11-21-37(31)46(42)49-44)34-25-24-32-26-28-41-43(39(32)30-34)38-22-12-13-23-40(38)47(41,35-17-6-2-7-18-35)36-19-8-3-9-20-36;1-4-15-33(16-5-1)44-45(49-46-37-21-11-10-14-31(37)27-29-42(46)48-44)34-25-24-32-26-28-41-43(39(32)30-34)38-22-12-13-23-40(38)47(41,35-17-6-2-7-18-35)36-19-8-3-9-20-36;1-4-14-30(15-5-1)41-42(45-39-23-13-12-22-38(39)44-41)31-25-24-29-26-27-37-40(35(29)28-31)34-20-10-11-21-36(34)43(37,32-16-6-2-7-17-32)33-18-8-3-9-19-33/h2*1-30H;1-28H. The molecule has 23 aromatic carbocycles. The van der Waals surface area contributed by atoms with Crippen molar-refractivity contribution in [3.63, 3.8) is 0 Å². The highest BCUT2D eigenvalue weighted by atomic mass is 14.9. The van der Waals surface area contributed by atoms with Crippen LogP contribution in [-0.4, -0.2) is 29.9 Å². The molecule has 6 nitrogen and oxygen atoms in total. The summed E-state index contributed by atoms with van der Waals surface area (Å²) in [5.41, 5.74) is 38.8. The molecule has 0 N–H and O–H groups in total. The lowest BCUT2D eigenvalue weighted by atomic mass is 9.67. The van der Waals surface area contributed by atoms with Gasteiger partial charge in [-0.2, -0.15) is 0 Å². The van der Waals surface area contributed by atoms with Gasteiger partial charge in [0.1, 0.15) is 0 Å². The van der Waals surface area contributed by atoms with E-state index in [-0.39, 0.29) is 0 Å². The zero-order valence-electron chi connectivity index (χ0n) is 78.0. The smallest absolute Gasteiger partial charge is 0.0973 e. The van der Waals surface area contributed by atoms with Crippen molar-refractivity contribution in [3.05, 3.63) is 601 Å².